The average molecular weight is 319 g/mol. The van der Waals surface area contributed by atoms with Gasteiger partial charge < -0.3 is 0 Å². The summed E-state index contributed by atoms with van der Waals surface area (Å²) in [5.41, 5.74) is 1.41. The molecule has 0 unspecified atom stereocenters. The van der Waals surface area contributed by atoms with E-state index in [1.807, 2.05) is 25.0 Å². The van der Waals surface area contributed by atoms with Crippen LogP contribution in [0.5, 0.6) is 0 Å². The summed E-state index contributed by atoms with van der Waals surface area (Å²) in [6.45, 7) is 0. The van der Waals surface area contributed by atoms with Gasteiger partial charge in [-0.3, -0.25) is 9.59 Å². The highest BCUT2D eigenvalue weighted by atomic mass is 32.2. The Morgan fingerprint density at radius 2 is 0.833 bits per heavy atom. The lowest BCUT2D eigenvalue weighted by Gasteiger charge is -2.18. The summed E-state index contributed by atoms with van der Waals surface area (Å²) in [6.07, 6.45) is 9.51. The van der Waals surface area contributed by atoms with Crippen molar-refractivity contribution in [2.75, 3.05) is 25.0 Å². The molecule has 98 valence electrons. The molecule has 0 N–H and O–H groups in total. The summed E-state index contributed by atoms with van der Waals surface area (Å²) < 4.78 is 0. The van der Waals surface area contributed by atoms with E-state index >= 15 is 0 Å². The van der Waals surface area contributed by atoms with Gasteiger partial charge in [-0.1, -0.05) is 0 Å². The summed E-state index contributed by atoms with van der Waals surface area (Å²) in [5.74, 6) is 0. The van der Waals surface area contributed by atoms with Crippen LogP contribution in [-0.2, 0) is 0 Å². The highest BCUT2D eigenvalue weighted by Crippen LogP contribution is 2.44. The molecule has 0 aliphatic heterocycles. The molecule has 0 atom stereocenters. The summed E-state index contributed by atoms with van der Waals surface area (Å²) in [6, 6.07) is 0. The van der Waals surface area contributed by atoms with Gasteiger partial charge in [-0.2, -0.15) is 0 Å². The van der Waals surface area contributed by atoms with Crippen LogP contribution in [0.1, 0.15) is 20.7 Å². The number of hydrogen-bond donors (Lipinski definition) is 0. The zero-order valence-corrected chi connectivity index (χ0v) is 13.9. The van der Waals surface area contributed by atoms with Gasteiger partial charge in [-0.05, 0) is 25.0 Å². The molecule has 1 rings (SSSR count). The maximum atomic E-state index is 11.4. The number of carbonyl (C=O) groups is 2. The lowest BCUT2D eigenvalue weighted by atomic mass is 10.1. The third kappa shape index (κ3) is 2.76. The first-order valence-electron chi connectivity index (χ1n) is 5.00. The highest BCUT2D eigenvalue weighted by molar-refractivity contribution is 8.02. The minimum Gasteiger partial charge on any atom is -0.298 e. The van der Waals surface area contributed by atoms with Gasteiger partial charge in [0.2, 0.25) is 0 Å². The standard InChI is InChI=1S/C12H14O2S4/c1-15-9-7(5-13)11(17-3)12(18-4)8(6-14)10(9)16-2/h5-6H,1-4H3. The minimum atomic E-state index is 0.703. The average Bonchev–Trinajstić information content (AvgIpc) is 2.43. The van der Waals surface area contributed by atoms with E-state index in [4.69, 9.17) is 0 Å². The Labute approximate surface area is 124 Å². The van der Waals surface area contributed by atoms with Crippen LogP contribution in [0.4, 0.5) is 0 Å². The lowest BCUT2D eigenvalue weighted by molar-refractivity contribution is 0.110. The van der Waals surface area contributed by atoms with E-state index in [0.717, 1.165) is 32.2 Å². The van der Waals surface area contributed by atoms with Crippen molar-refractivity contribution in [3.05, 3.63) is 11.1 Å². The van der Waals surface area contributed by atoms with Gasteiger partial charge in [0.1, 0.15) is 0 Å². The molecule has 0 fully saturated rings. The molecule has 0 saturated heterocycles. The summed E-state index contributed by atoms with van der Waals surface area (Å²) >= 11 is 6.06. The normalized spacial score (nSPS) is 10.4. The van der Waals surface area contributed by atoms with Crippen LogP contribution < -0.4 is 0 Å². The van der Waals surface area contributed by atoms with Gasteiger partial charge in [0.05, 0.1) is 0 Å². The first-order valence-corrected chi connectivity index (χ1v) is 9.90. The second kappa shape index (κ2) is 7.53. The molecule has 18 heavy (non-hydrogen) atoms. The fraction of sp³-hybridized carbons (Fsp3) is 0.333. The molecule has 0 bridgehead atoms. The Morgan fingerprint density at radius 1 is 0.611 bits per heavy atom. The first-order chi connectivity index (χ1) is 8.69. The molecule has 6 heteroatoms. The van der Waals surface area contributed by atoms with Gasteiger partial charge >= 0.3 is 0 Å². The molecule has 1 aromatic carbocycles. The topological polar surface area (TPSA) is 34.1 Å². The van der Waals surface area contributed by atoms with Crippen molar-refractivity contribution >= 4 is 59.6 Å². The van der Waals surface area contributed by atoms with E-state index in [-0.39, 0.29) is 0 Å². The van der Waals surface area contributed by atoms with Crippen LogP contribution in [0.2, 0.25) is 0 Å². The van der Waals surface area contributed by atoms with Crippen LogP contribution in [0.3, 0.4) is 0 Å². The number of carbonyl (C=O) groups excluding carboxylic acids is 2. The van der Waals surface area contributed by atoms with Gasteiger partial charge in [0.15, 0.2) is 12.6 Å². The Kier molecular flexibility index (Phi) is 6.70. The first kappa shape index (κ1) is 16.0. The van der Waals surface area contributed by atoms with Crippen molar-refractivity contribution in [1.82, 2.24) is 0 Å². The van der Waals surface area contributed by atoms with Crippen LogP contribution in [-0.4, -0.2) is 37.6 Å². The predicted molar refractivity (Wildman–Crippen MR) is 84.3 cm³/mol. The van der Waals surface area contributed by atoms with Crippen molar-refractivity contribution in [1.29, 1.82) is 0 Å². The molecule has 1 aromatic rings. The fourth-order valence-electron chi connectivity index (χ4n) is 1.72. The highest BCUT2D eigenvalue weighted by Gasteiger charge is 2.21. The molecule has 0 saturated carbocycles. The summed E-state index contributed by atoms with van der Waals surface area (Å²) in [5, 5.41) is 0. The molecule has 0 radical (unpaired) electrons. The van der Waals surface area contributed by atoms with E-state index in [2.05, 4.69) is 0 Å². The van der Waals surface area contributed by atoms with Crippen molar-refractivity contribution in [3.63, 3.8) is 0 Å². The molecule has 0 aliphatic carbocycles. The number of hydrogen-bond acceptors (Lipinski definition) is 6. The Balaban J connectivity index is 3.83. The summed E-state index contributed by atoms with van der Waals surface area (Å²) in [7, 11) is 0. The fourth-order valence-corrected chi connectivity index (χ4v) is 5.51. The van der Waals surface area contributed by atoms with Gasteiger partial charge in [0, 0.05) is 30.7 Å². The van der Waals surface area contributed by atoms with E-state index < -0.39 is 0 Å². The third-order valence-corrected chi connectivity index (χ3v) is 6.03. The van der Waals surface area contributed by atoms with Gasteiger partial charge in [-0.25, -0.2) is 0 Å². The molecular formula is C12H14O2S4. The van der Waals surface area contributed by atoms with E-state index in [9.17, 15) is 9.59 Å². The van der Waals surface area contributed by atoms with Crippen LogP contribution in [0.15, 0.2) is 19.6 Å². The molecule has 0 heterocycles. The van der Waals surface area contributed by atoms with E-state index in [1.54, 1.807) is 0 Å². The van der Waals surface area contributed by atoms with Crippen LogP contribution in [0, 0.1) is 0 Å². The minimum absolute atomic E-state index is 0.703. The zero-order chi connectivity index (χ0) is 13.7. The largest absolute Gasteiger partial charge is 0.298 e. The molecule has 2 nitrogen and oxygen atoms in total. The summed E-state index contributed by atoms with van der Waals surface area (Å²) in [4.78, 5) is 26.4. The number of rotatable bonds is 6. The lowest BCUT2D eigenvalue weighted by Crippen LogP contribution is -2.01. The molecular weight excluding hydrogens is 304 g/mol. The van der Waals surface area contributed by atoms with Crippen molar-refractivity contribution < 1.29 is 9.59 Å². The van der Waals surface area contributed by atoms with Crippen LogP contribution >= 0.6 is 47.0 Å². The number of benzene rings is 1. The van der Waals surface area contributed by atoms with Crippen molar-refractivity contribution in [3.8, 4) is 0 Å². The Morgan fingerprint density at radius 3 is 0.944 bits per heavy atom. The van der Waals surface area contributed by atoms with Gasteiger partial charge in [0.25, 0.3) is 0 Å². The Hall–Kier alpha value is -0.0400. The Bertz CT molecular complexity index is 396. The monoisotopic (exact) mass is 318 g/mol. The van der Waals surface area contributed by atoms with E-state index in [0.29, 0.717) is 11.1 Å². The second-order valence-corrected chi connectivity index (χ2v) is 6.46. The molecule has 0 spiro atoms. The SMILES string of the molecule is CSc1c(C=O)c(SC)c(SC)c(C=O)c1SC. The molecule has 0 aliphatic rings. The molecule has 0 aromatic heterocycles. The van der Waals surface area contributed by atoms with Crippen molar-refractivity contribution in [2.24, 2.45) is 0 Å². The number of aldehydes is 2. The van der Waals surface area contributed by atoms with Crippen LogP contribution in [0.25, 0.3) is 0 Å². The third-order valence-electron chi connectivity index (χ3n) is 2.44. The van der Waals surface area contributed by atoms with Gasteiger partial charge in [-0.15, -0.1) is 47.0 Å². The predicted octanol–water partition coefficient (Wildman–Crippen LogP) is 4.20. The maximum absolute atomic E-state index is 11.4. The maximum Gasteiger partial charge on any atom is 0.152 e. The number of thioether (sulfide) groups is 4. The van der Waals surface area contributed by atoms with E-state index in [1.165, 1.54) is 47.0 Å². The quantitative estimate of drug-likeness (QED) is 0.577. The smallest absolute Gasteiger partial charge is 0.152 e. The molecule has 0 amide bonds. The van der Waals surface area contributed by atoms with Crippen molar-refractivity contribution in [2.45, 2.75) is 19.6 Å². The zero-order valence-electron chi connectivity index (χ0n) is 10.6. The second-order valence-electron chi connectivity index (χ2n) is 3.20.